The van der Waals surface area contributed by atoms with E-state index < -0.39 is 0 Å². The lowest BCUT2D eigenvalue weighted by Gasteiger charge is -2.35. The number of nitrogen functional groups attached to an aromatic ring is 1. The largest absolute Gasteiger partial charge is 0.403 e. The number of allylic oxidation sites excluding steroid dienone is 1. The minimum Gasteiger partial charge on any atom is -0.403 e. The van der Waals surface area contributed by atoms with Gasteiger partial charge in [0.2, 0.25) is 11.9 Å². The summed E-state index contributed by atoms with van der Waals surface area (Å²) in [6.07, 6.45) is 10.1. The zero-order valence-electron chi connectivity index (χ0n) is 16.7. The molecule has 154 valence electrons. The number of aromatic nitrogens is 3. The van der Waals surface area contributed by atoms with Crippen LogP contribution in [0.5, 0.6) is 0 Å². The number of carbonyl (C=O) groups is 1. The van der Waals surface area contributed by atoms with Crippen LogP contribution in [0.4, 0.5) is 11.8 Å². The third-order valence-corrected chi connectivity index (χ3v) is 5.03. The number of likely N-dealkylation sites (tertiary alicyclic amines) is 1. The van der Waals surface area contributed by atoms with Crippen LogP contribution in [0.25, 0.3) is 11.0 Å². The Labute approximate surface area is 170 Å². The van der Waals surface area contributed by atoms with E-state index in [1.54, 1.807) is 6.21 Å². The van der Waals surface area contributed by atoms with Crippen molar-refractivity contribution in [3.05, 3.63) is 36.3 Å². The Morgan fingerprint density at radius 1 is 1.48 bits per heavy atom. The second-order valence-electron chi connectivity index (χ2n) is 6.93. The van der Waals surface area contributed by atoms with Crippen molar-refractivity contribution in [3.8, 4) is 0 Å². The summed E-state index contributed by atoms with van der Waals surface area (Å²) in [6, 6.07) is 0.113. The van der Waals surface area contributed by atoms with E-state index in [-0.39, 0.29) is 11.9 Å². The molecule has 1 unspecified atom stereocenters. The van der Waals surface area contributed by atoms with E-state index in [0.29, 0.717) is 36.1 Å². The van der Waals surface area contributed by atoms with Gasteiger partial charge in [-0.1, -0.05) is 6.58 Å². The van der Waals surface area contributed by atoms with E-state index in [1.165, 1.54) is 12.3 Å². The van der Waals surface area contributed by atoms with Crippen LogP contribution < -0.4 is 16.8 Å². The highest BCUT2D eigenvalue weighted by molar-refractivity contribution is 5.91. The second-order valence-corrected chi connectivity index (χ2v) is 6.93. The number of hydrogen-bond donors (Lipinski definition) is 4. The summed E-state index contributed by atoms with van der Waals surface area (Å²) < 4.78 is 0. The van der Waals surface area contributed by atoms with Crippen LogP contribution in [0.15, 0.2) is 35.7 Å². The molecule has 3 rings (SSSR count). The molecule has 29 heavy (non-hydrogen) atoms. The molecule has 0 aliphatic carbocycles. The zero-order valence-corrected chi connectivity index (χ0v) is 16.7. The smallest absolute Gasteiger partial charge is 0.246 e. The standard InChI is InChI=1S/C20H28N8O/c1-3-16(29)28-8-6-5-7-15(28)9-13-11-24-19-17(13)18(22)26-20(27-19)25-14(10-21)12-23-4-2/h3,10-12,15H,1,4-9,21H2,2H3,(H4,22,24,25,26,27). The molecule has 0 spiro atoms. The van der Waals surface area contributed by atoms with Crippen molar-refractivity contribution in [2.75, 3.05) is 24.1 Å². The van der Waals surface area contributed by atoms with E-state index in [0.717, 1.165) is 36.8 Å². The van der Waals surface area contributed by atoms with E-state index in [1.807, 2.05) is 18.0 Å². The molecule has 0 bridgehead atoms. The molecule has 9 nitrogen and oxygen atoms in total. The Morgan fingerprint density at radius 3 is 3.03 bits per heavy atom. The number of carbonyl (C=O) groups excluding carboxylic acids is 1. The van der Waals surface area contributed by atoms with Gasteiger partial charge in [0.15, 0.2) is 0 Å². The number of rotatable bonds is 7. The third-order valence-electron chi connectivity index (χ3n) is 5.03. The van der Waals surface area contributed by atoms with E-state index in [4.69, 9.17) is 11.5 Å². The predicted molar refractivity (Wildman–Crippen MR) is 116 cm³/mol. The van der Waals surface area contributed by atoms with Crippen molar-refractivity contribution in [2.45, 2.75) is 38.6 Å². The molecule has 0 saturated carbocycles. The molecule has 1 fully saturated rings. The van der Waals surface area contributed by atoms with Crippen LogP contribution in [0.1, 0.15) is 31.7 Å². The van der Waals surface area contributed by atoms with Gasteiger partial charge in [0.1, 0.15) is 11.5 Å². The molecule has 1 aliphatic heterocycles. The number of aromatic amines is 1. The Bertz CT molecular complexity index is 945. The van der Waals surface area contributed by atoms with Gasteiger partial charge in [-0.25, -0.2) is 0 Å². The molecule has 6 N–H and O–H groups in total. The van der Waals surface area contributed by atoms with Crippen LogP contribution in [0.3, 0.4) is 0 Å². The average molecular weight is 396 g/mol. The second kappa shape index (κ2) is 9.22. The maximum absolute atomic E-state index is 12.2. The van der Waals surface area contributed by atoms with Crippen molar-refractivity contribution < 1.29 is 4.79 Å². The number of nitrogens with two attached hydrogens (primary N) is 2. The van der Waals surface area contributed by atoms with Gasteiger partial charge >= 0.3 is 0 Å². The maximum atomic E-state index is 12.2. The van der Waals surface area contributed by atoms with Crippen molar-refractivity contribution in [1.29, 1.82) is 0 Å². The summed E-state index contributed by atoms with van der Waals surface area (Å²) >= 11 is 0. The van der Waals surface area contributed by atoms with Crippen molar-refractivity contribution >= 4 is 34.9 Å². The molecular formula is C20H28N8O. The number of H-pyrrole nitrogens is 1. The van der Waals surface area contributed by atoms with Crippen LogP contribution in [0.2, 0.25) is 0 Å². The van der Waals surface area contributed by atoms with Gasteiger partial charge in [-0.05, 0) is 44.2 Å². The lowest BCUT2D eigenvalue weighted by atomic mass is 9.95. The Balaban J connectivity index is 1.85. The summed E-state index contributed by atoms with van der Waals surface area (Å²) in [7, 11) is 0. The first-order chi connectivity index (χ1) is 14.1. The van der Waals surface area contributed by atoms with Gasteiger partial charge in [0.05, 0.1) is 11.1 Å². The first-order valence-electron chi connectivity index (χ1n) is 9.82. The average Bonchev–Trinajstić information content (AvgIpc) is 3.14. The number of amides is 1. The van der Waals surface area contributed by atoms with Crippen LogP contribution in [-0.2, 0) is 11.2 Å². The third kappa shape index (κ3) is 4.56. The highest BCUT2D eigenvalue weighted by Crippen LogP contribution is 2.28. The normalized spacial score (nSPS) is 17.8. The molecule has 3 heterocycles. The number of hydrogen-bond acceptors (Lipinski definition) is 7. The number of fused-ring (bicyclic) bond motifs is 1. The van der Waals surface area contributed by atoms with Gasteiger partial charge < -0.3 is 26.7 Å². The van der Waals surface area contributed by atoms with Crippen molar-refractivity contribution in [3.63, 3.8) is 0 Å². The van der Waals surface area contributed by atoms with Crippen LogP contribution in [0, 0.1) is 0 Å². The van der Waals surface area contributed by atoms with Gasteiger partial charge in [-0.2, -0.15) is 9.97 Å². The minimum absolute atomic E-state index is 0.0277. The fourth-order valence-electron chi connectivity index (χ4n) is 3.65. The van der Waals surface area contributed by atoms with Gasteiger partial charge in [-0.3, -0.25) is 9.79 Å². The molecule has 2 aromatic heterocycles. The van der Waals surface area contributed by atoms with E-state index in [2.05, 4.69) is 31.8 Å². The van der Waals surface area contributed by atoms with Crippen LogP contribution >= 0.6 is 0 Å². The first-order valence-corrected chi connectivity index (χ1v) is 9.82. The van der Waals surface area contributed by atoms with Gasteiger partial charge in [-0.15, -0.1) is 0 Å². The fraction of sp³-hybridized carbons (Fsp3) is 0.400. The summed E-state index contributed by atoms with van der Waals surface area (Å²) in [5.41, 5.74) is 14.1. The molecular weight excluding hydrogens is 368 g/mol. The number of nitrogens with one attached hydrogen (secondary N) is 2. The Kier molecular flexibility index (Phi) is 6.48. The lowest BCUT2D eigenvalue weighted by Crippen LogP contribution is -2.44. The SMILES string of the molecule is C=CC(=O)N1CCCCC1Cc1c[nH]c2nc(NC(C=NCC)=CN)nc(N)c12. The summed E-state index contributed by atoms with van der Waals surface area (Å²) in [5, 5.41) is 3.80. The number of anilines is 2. The van der Waals surface area contributed by atoms with Gasteiger partial charge in [0, 0.05) is 37.7 Å². The molecule has 1 saturated heterocycles. The monoisotopic (exact) mass is 396 g/mol. The fourth-order valence-corrected chi connectivity index (χ4v) is 3.65. The summed E-state index contributed by atoms with van der Waals surface area (Å²) in [4.78, 5) is 30.3. The summed E-state index contributed by atoms with van der Waals surface area (Å²) in [6.45, 7) is 6.96. The van der Waals surface area contributed by atoms with Crippen LogP contribution in [-0.4, -0.2) is 51.1 Å². The van der Waals surface area contributed by atoms with E-state index >= 15 is 0 Å². The Morgan fingerprint density at radius 2 is 2.31 bits per heavy atom. The van der Waals surface area contributed by atoms with Gasteiger partial charge in [0.25, 0.3) is 0 Å². The van der Waals surface area contributed by atoms with Crippen molar-refractivity contribution in [2.24, 2.45) is 10.7 Å². The molecule has 0 aromatic carbocycles. The Hall–Kier alpha value is -3.36. The molecule has 2 aromatic rings. The molecule has 1 amide bonds. The first kappa shape index (κ1) is 20.4. The highest BCUT2D eigenvalue weighted by Gasteiger charge is 2.26. The maximum Gasteiger partial charge on any atom is 0.246 e. The predicted octanol–water partition coefficient (Wildman–Crippen LogP) is 1.95. The molecule has 1 atom stereocenters. The molecule has 9 heteroatoms. The number of piperidine rings is 1. The molecule has 1 aliphatic rings. The van der Waals surface area contributed by atoms with E-state index in [9.17, 15) is 4.79 Å². The quantitative estimate of drug-likeness (QED) is 0.417. The summed E-state index contributed by atoms with van der Waals surface area (Å²) in [5.74, 6) is 0.679. The number of aliphatic imine (C=N–C) groups is 1. The molecule has 0 radical (unpaired) electrons. The lowest BCUT2D eigenvalue weighted by molar-refractivity contribution is -0.129. The highest BCUT2D eigenvalue weighted by atomic mass is 16.2. The number of nitrogens with zero attached hydrogens (tertiary/aromatic N) is 4. The zero-order chi connectivity index (χ0) is 20.8. The topological polar surface area (TPSA) is 138 Å². The minimum atomic E-state index is -0.0277. The van der Waals surface area contributed by atoms with Crippen molar-refractivity contribution in [1.82, 2.24) is 19.9 Å².